The number of rotatable bonds is 6. The average molecular weight is 365 g/mol. The van der Waals surface area contributed by atoms with Gasteiger partial charge in [-0.05, 0) is 19.8 Å². The lowest BCUT2D eigenvalue weighted by molar-refractivity contribution is -0.159. The first-order valence-corrected chi connectivity index (χ1v) is 8.39. The molecule has 3 atom stereocenters. The van der Waals surface area contributed by atoms with Gasteiger partial charge in [0, 0.05) is 14.1 Å². The minimum absolute atomic E-state index is 0.210. The molecule has 4 amide bonds. The summed E-state index contributed by atoms with van der Waals surface area (Å²) < 4.78 is 4.88. The standard InChI is InChI=1S/C17H23N3O6/c1-10(17(25)26-9-13(21)18-8-14(22)19(2)3)20-15(23)11-6-4-5-7-12(11)16(20)24/h4-5,10-12H,6-9H2,1-3H3,(H,18,21)/t10-,11-,12-/m0/s1. The Hall–Kier alpha value is -2.71. The number of hydrogen-bond donors (Lipinski definition) is 1. The van der Waals surface area contributed by atoms with E-state index >= 15 is 0 Å². The second-order valence-electron chi connectivity index (χ2n) is 6.55. The van der Waals surface area contributed by atoms with E-state index in [4.69, 9.17) is 4.74 Å². The van der Waals surface area contributed by atoms with Crippen LogP contribution in [-0.2, 0) is 28.7 Å². The molecule has 1 heterocycles. The smallest absolute Gasteiger partial charge is 0.329 e. The molecule has 1 N–H and O–H groups in total. The number of hydrogen-bond acceptors (Lipinski definition) is 6. The summed E-state index contributed by atoms with van der Waals surface area (Å²) in [6.45, 7) is 0.600. The van der Waals surface area contributed by atoms with E-state index in [9.17, 15) is 24.0 Å². The van der Waals surface area contributed by atoms with Crippen LogP contribution in [0.2, 0.25) is 0 Å². The molecule has 1 aliphatic heterocycles. The van der Waals surface area contributed by atoms with Crippen molar-refractivity contribution >= 4 is 29.6 Å². The molecule has 0 spiro atoms. The maximum absolute atomic E-state index is 12.4. The number of carbonyl (C=O) groups excluding carboxylic acids is 5. The molecule has 9 nitrogen and oxygen atoms in total. The number of fused-ring (bicyclic) bond motifs is 1. The van der Waals surface area contributed by atoms with Crippen LogP contribution in [0.1, 0.15) is 19.8 Å². The molecular formula is C17H23N3O6. The fourth-order valence-corrected chi connectivity index (χ4v) is 2.95. The molecule has 1 fully saturated rings. The average Bonchev–Trinajstić information content (AvgIpc) is 2.88. The Kier molecular flexibility index (Phi) is 6.12. The minimum Gasteiger partial charge on any atom is -0.454 e. The zero-order valence-corrected chi connectivity index (χ0v) is 15.1. The Morgan fingerprint density at radius 1 is 1.19 bits per heavy atom. The number of likely N-dealkylation sites (tertiary alicyclic amines) is 1. The van der Waals surface area contributed by atoms with Crippen LogP contribution in [-0.4, -0.2) is 72.7 Å². The third kappa shape index (κ3) is 4.09. The van der Waals surface area contributed by atoms with Crippen molar-refractivity contribution in [1.82, 2.24) is 15.1 Å². The summed E-state index contributed by atoms with van der Waals surface area (Å²) in [7, 11) is 3.10. The summed E-state index contributed by atoms with van der Waals surface area (Å²) in [5, 5.41) is 2.32. The van der Waals surface area contributed by atoms with E-state index in [-0.39, 0.29) is 24.3 Å². The van der Waals surface area contributed by atoms with Gasteiger partial charge in [0.15, 0.2) is 6.61 Å². The Morgan fingerprint density at radius 2 is 1.73 bits per heavy atom. The lowest BCUT2D eigenvalue weighted by Gasteiger charge is -2.21. The van der Waals surface area contributed by atoms with E-state index in [1.165, 1.54) is 11.8 Å². The molecule has 2 aliphatic rings. The van der Waals surface area contributed by atoms with Crippen molar-refractivity contribution in [3.8, 4) is 0 Å². The van der Waals surface area contributed by atoms with E-state index in [2.05, 4.69) is 5.32 Å². The number of allylic oxidation sites excluding steroid dienone is 2. The van der Waals surface area contributed by atoms with Crippen LogP contribution < -0.4 is 5.32 Å². The molecule has 0 aromatic rings. The number of likely N-dealkylation sites (N-methyl/N-ethyl adjacent to an activating group) is 1. The van der Waals surface area contributed by atoms with E-state index in [1.807, 2.05) is 12.2 Å². The van der Waals surface area contributed by atoms with Crippen molar-refractivity contribution in [2.75, 3.05) is 27.2 Å². The zero-order chi connectivity index (χ0) is 19.4. The van der Waals surface area contributed by atoms with Gasteiger partial charge in [0.2, 0.25) is 17.7 Å². The van der Waals surface area contributed by atoms with Crippen molar-refractivity contribution in [2.45, 2.75) is 25.8 Å². The van der Waals surface area contributed by atoms with Crippen molar-refractivity contribution in [3.63, 3.8) is 0 Å². The maximum Gasteiger partial charge on any atom is 0.329 e. The summed E-state index contributed by atoms with van der Waals surface area (Å²) in [6.07, 6.45) is 4.68. The topological polar surface area (TPSA) is 113 Å². The number of nitrogens with one attached hydrogen (secondary N) is 1. The van der Waals surface area contributed by atoms with Gasteiger partial charge in [-0.3, -0.25) is 24.1 Å². The Bertz CT molecular complexity index is 631. The van der Waals surface area contributed by atoms with Crippen molar-refractivity contribution in [3.05, 3.63) is 12.2 Å². The molecular weight excluding hydrogens is 342 g/mol. The summed E-state index contributed by atoms with van der Waals surface area (Å²) in [4.78, 5) is 62.2. The molecule has 142 valence electrons. The Labute approximate surface area is 151 Å². The van der Waals surface area contributed by atoms with E-state index in [1.54, 1.807) is 14.1 Å². The molecule has 0 saturated carbocycles. The third-order valence-electron chi connectivity index (χ3n) is 4.55. The maximum atomic E-state index is 12.4. The van der Waals surface area contributed by atoms with Crippen LogP contribution in [0.15, 0.2) is 12.2 Å². The molecule has 1 aliphatic carbocycles. The fourth-order valence-electron chi connectivity index (χ4n) is 2.95. The van der Waals surface area contributed by atoms with Gasteiger partial charge in [-0.1, -0.05) is 12.2 Å². The molecule has 26 heavy (non-hydrogen) atoms. The fraction of sp³-hybridized carbons (Fsp3) is 0.588. The third-order valence-corrected chi connectivity index (χ3v) is 4.55. The molecule has 0 bridgehead atoms. The van der Waals surface area contributed by atoms with E-state index in [0.717, 1.165) is 4.90 Å². The monoisotopic (exact) mass is 365 g/mol. The summed E-state index contributed by atoms with van der Waals surface area (Å²) >= 11 is 0. The Morgan fingerprint density at radius 3 is 2.23 bits per heavy atom. The first-order chi connectivity index (χ1) is 12.2. The van der Waals surface area contributed by atoms with E-state index in [0.29, 0.717) is 12.8 Å². The van der Waals surface area contributed by atoms with Gasteiger partial charge >= 0.3 is 5.97 Å². The lowest BCUT2D eigenvalue weighted by Crippen LogP contribution is -2.45. The van der Waals surface area contributed by atoms with Gasteiger partial charge in [-0.15, -0.1) is 0 Å². The highest BCUT2D eigenvalue weighted by atomic mass is 16.5. The highest BCUT2D eigenvalue weighted by Crippen LogP contribution is 2.36. The summed E-state index contributed by atoms with van der Waals surface area (Å²) in [6, 6.07) is -1.10. The van der Waals surface area contributed by atoms with Crippen molar-refractivity contribution < 1.29 is 28.7 Å². The number of ether oxygens (including phenoxy) is 1. The predicted molar refractivity (Wildman–Crippen MR) is 89.3 cm³/mol. The molecule has 0 radical (unpaired) electrons. The first-order valence-electron chi connectivity index (χ1n) is 8.39. The molecule has 0 unspecified atom stereocenters. The molecule has 2 rings (SSSR count). The number of carbonyl (C=O) groups is 5. The van der Waals surface area contributed by atoms with Gasteiger partial charge in [0.05, 0.1) is 18.4 Å². The normalized spacial score (nSPS) is 22.7. The van der Waals surface area contributed by atoms with Crippen LogP contribution in [0.3, 0.4) is 0 Å². The lowest BCUT2D eigenvalue weighted by atomic mass is 9.85. The highest BCUT2D eigenvalue weighted by molar-refractivity contribution is 6.08. The van der Waals surface area contributed by atoms with Crippen LogP contribution in [0, 0.1) is 11.8 Å². The van der Waals surface area contributed by atoms with Crippen LogP contribution >= 0.6 is 0 Å². The van der Waals surface area contributed by atoms with Gasteiger partial charge in [0.25, 0.3) is 5.91 Å². The van der Waals surface area contributed by atoms with Crippen LogP contribution in [0.5, 0.6) is 0 Å². The van der Waals surface area contributed by atoms with Gasteiger partial charge < -0.3 is 15.0 Å². The Balaban J connectivity index is 1.86. The predicted octanol–water partition coefficient (Wildman–Crippen LogP) is -0.926. The van der Waals surface area contributed by atoms with Gasteiger partial charge in [-0.25, -0.2) is 4.79 Å². The second-order valence-corrected chi connectivity index (χ2v) is 6.55. The van der Waals surface area contributed by atoms with Crippen molar-refractivity contribution in [2.24, 2.45) is 11.8 Å². The van der Waals surface area contributed by atoms with Gasteiger partial charge in [-0.2, -0.15) is 0 Å². The molecule has 9 heteroatoms. The second kappa shape index (κ2) is 8.11. The van der Waals surface area contributed by atoms with E-state index < -0.39 is 36.4 Å². The molecule has 0 aromatic carbocycles. The zero-order valence-electron chi connectivity index (χ0n) is 15.1. The largest absolute Gasteiger partial charge is 0.454 e. The van der Waals surface area contributed by atoms with Crippen LogP contribution in [0.4, 0.5) is 0 Å². The minimum atomic E-state index is -1.10. The SMILES string of the molecule is C[C@@H](C(=O)OCC(=O)NCC(=O)N(C)C)N1C(=O)[C@H]2CC=CC[C@@H]2C1=O. The summed E-state index contributed by atoms with van der Waals surface area (Å²) in [5.41, 5.74) is 0. The molecule has 1 saturated heterocycles. The number of amides is 4. The first kappa shape index (κ1) is 19.6. The number of nitrogens with zero attached hydrogens (tertiary/aromatic N) is 2. The highest BCUT2D eigenvalue weighted by Gasteiger charge is 2.50. The summed E-state index contributed by atoms with van der Waals surface area (Å²) in [5.74, 6) is -3.40. The number of imide groups is 1. The number of esters is 1. The van der Waals surface area contributed by atoms with Gasteiger partial charge in [0.1, 0.15) is 6.04 Å². The van der Waals surface area contributed by atoms with Crippen molar-refractivity contribution in [1.29, 1.82) is 0 Å². The molecule has 0 aromatic heterocycles. The van der Waals surface area contributed by atoms with Crippen LogP contribution in [0.25, 0.3) is 0 Å². The quantitative estimate of drug-likeness (QED) is 0.370.